The first-order chi connectivity index (χ1) is 7.04. The molecule has 0 fully saturated rings. The molecule has 1 N–H and O–H groups in total. The fraction of sp³-hybridized carbons (Fsp3) is 0.364. The van der Waals surface area contributed by atoms with Gasteiger partial charge in [0.15, 0.2) is 0 Å². The lowest BCUT2D eigenvalue weighted by Crippen LogP contribution is -2.18. The Morgan fingerprint density at radius 1 is 1.53 bits per heavy atom. The van der Waals surface area contributed by atoms with E-state index in [9.17, 15) is 9.18 Å². The van der Waals surface area contributed by atoms with Crippen LogP contribution in [-0.2, 0) is 4.79 Å². The first-order valence-corrected chi connectivity index (χ1v) is 4.69. The van der Waals surface area contributed by atoms with Gasteiger partial charge in [0, 0.05) is 13.4 Å². The van der Waals surface area contributed by atoms with Gasteiger partial charge in [-0.3, -0.25) is 4.79 Å². The summed E-state index contributed by atoms with van der Waals surface area (Å²) in [5, 5.41) is 2.49. The monoisotopic (exact) mass is 213 g/mol. The Labute approximate surface area is 89.7 Å². The first-order valence-electron chi connectivity index (χ1n) is 4.69. The van der Waals surface area contributed by atoms with Gasteiger partial charge >= 0.3 is 0 Å². The van der Waals surface area contributed by atoms with Gasteiger partial charge in [0.2, 0.25) is 5.91 Å². The molecule has 0 saturated heterocycles. The third kappa shape index (κ3) is 2.94. The number of hydrogen-bond donors (Lipinski definition) is 1. The van der Waals surface area contributed by atoms with Crippen molar-refractivity contribution < 1.29 is 15.3 Å². The Morgan fingerprint density at radius 2 is 2.20 bits per heavy atom. The zero-order valence-electron chi connectivity index (χ0n) is 9.00. The molecule has 84 valence electrons. The van der Waals surface area contributed by atoms with Crippen LogP contribution in [0.3, 0.4) is 0 Å². The number of amides is 1. The molecule has 0 spiro atoms. The summed E-state index contributed by atoms with van der Waals surface area (Å²) < 4.78 is 18.2. The van der Waals surface area contributed by atoms with Crippen molar-refractivity contribution >= 4 is 11.6 Å². The van der Waals surface area contributed by atoms with E-state index in [-0.39, 0.29) is 18.9 Å². The third-order valence-corrected chi connectivity index (χ3v) is 1.96. The van der Waals surface area contributed by atoms with E-state index >= 15 is 0 Å². The Morgan fingerprint density at radius 3 is 2.67 bits per heavy atom. The summed E-state index contributed by atoms with van der Waals surface area (Å²) in [6.45, 7) is 3.49. The van der Waals surface area contributed by atoms with Crippen molar-refractivity contribution in [3.8, 4) is 5.75 Å². The maximum Gasteiger partial charge on any atom is 0.227 e. The Hall–Kier alpha value is -1.58. The summed E-state index contributed by atoms with van der Waals surface area (Å²) in [4.78, 5) is 11.3. The quantitative estimate of drug-likeness (QED) is 0.838. The molecular formula is C11H16FNO2. The zero-order valence-corrected chi connectivity index (χ0v) is 9.00. The van der Waals surface area contributed by atoms with Crippen molar-refractivity contribution in [1.29, 1.82) is 0 Å². The van der Waals surface area contributed by atoms with Gasteiger partial charge in [0.25, 0.3) is 0 Å². The molecule has 4 heteroatoms. The van der Waals surface area contributed by atoms with Crippen LogP contribution < -0.4 is 10.1 Å². The number of methoxy groups -OCH3 is 1. The number of halogens is 1. The molecule has 0 aromatic heterocycles. The first kappa shape index (κ1) is 11.5. The molecule has 0 aliphatic rings. The van der Waals surface area contributed by atoms with Gasteiger partial charge in [-0.25, -0.2) is 4.39 Å². The topological polar surface area (TPSA) is 38.3 Å². The van der Waals surface area contributed by atoms with Crippen LogP contribution in [0.1, 0.15) is 15.3 Å². The highest BCUT2D eigenvalue weighted by Crippen LogP contribution is 2.20. The van der Waals surface area contributed by atoms with Crippen molar-refractivity contribution in [1.82, 2.24) is 0 Å². The van der Waals surface area contributed by atoms with Crippen molar-refractivity contribution in [2.45, 2.75) is 13.8 Å². The number of benzene rings is 1. The second-order valence-corrected chi connectivity index (χ2v) is 3.49. The lowest BCUT2D eigenvalue weighted by Gasteiger charge is -2.09. The average molecular weight is 213 g/mol. The summed E-state index contributed by atoms with van der Waals surface area (Å²) in [6.07, 6.45) is 0. The van der Waals surface area contributed by atoms with Gasteiger partial charge in [-0.05, 0) is 12.1 Å². The molecule has 0 heterocycles. The molecule has 0 saturated carbocycles. The van der Waals surface area contributed by atoms with Crippen LogP contribution in [0, 0.1) is 11.7 Å². The van der Waals surface area contributed by atoms with Gasteiger partial charge in [0.05, 0.1) is 12.8 Å². The highest BCUT2D eigenvalue weighted by atomic mass is 19.1. The maximum atomic E-state index is 13.4. The van der Waals surface area contributed by atoms with E-state index in [1.54, 1.807) is 19.9 Å². The smallest absolute Gasteiger partial charge is 0.227 e. The minimum Gasteiger partial charge on any atom is -0.497 e. The molecule has 0 aliphatic carbocycles. The molecule has 0 atom stereocenters. The standard InChI is InChI=1S/C11H14FNO2.H2/c1-7(2)11(14)13-10-5-4-8(15-3)6-9(10)12;/h4-7H,1-3H3,(H,13,14);1H. The molecular weight excluding hydrogens is 197 g/mol. The number of nitrogens with one attached hydrogen (secondary N) is 1. The summed E-state index contributed by atoms with van der Waals surface area (Å²) >= 11 is 0. The van der Waals surface area contributed by atoms with Crippen LogP contribution in [0.25, 0.3) is 0 Å². The normalized spacial score (nSPS) is 10.2. The summed E-state index contributed by atoms with van der Waals surface area (Å²) in [6, 6.07) is 4.31. The second-order valence-electron chi connectivity index (χ2n) is 3.49. The van der Waals surface area contributed by atoms with Gasteiger partial charge in [-0.2, -0.15) is 0 Å². The van der Waals surface area contributed by atoms with E-state index in [0.29, 0.717) is 5.75 Å². The molecule has 0 bridgehead atoms. The maximum absolute atomic E-state index is 13.4. The molecule has 15 heavy (non-hydrogen) atoms. The van der Waals surface area contributed by atoms with Crippen LogP contribution >= 0.6 is 0 Å². The van der Waals surface area contributed by atoms with E-state index in [0.717, 1.165) is 0 Å². The van der Waals surface area contributed by atoms with E-state index < -0.39 is 5.82 Å². The van der Waals surface area contributed by atoms with Crippen LogP contribution in [-0.4, -0.2) is 13.0 Å². The SMILES string of the molecule is COc1ccc(NC(=O)C(C)C)c(F)c1.[HH]. The summed E-state index contributed by atoms with van der Waals surface area (Å²) in [5.41, 5.74) is 0.175. The Balaban J connectivity index is 0.00000225. The van der Waals surface area contributed by atoms with Crippen LogP contribution in [0.4, 0.5) is 10.1 Å². The average Bonchev–Trinajstić information content (AvgIpc) is 2.20. The molecule has 1 amide bonds. The number of carbonyl (C=O) groups is 1. The van der Waals surface area contributed by atoms with Crippen LogP contribution in [0.5, 0.6) is 5.75 Å². The highest BCUT2D eigenvalue weighted by Gasteiger charge is 2.10. The lowest BCUT2D eigenvalue weighted by molar-refractivity contribution is -0.118. The molecule has 0 aliphatic heterocycles. The fourth-order valence-electron chi connectivity index (χ4n) is 1.00. The van der Waals surface area contributed by atoms with E-state index in [1.165, 1.54) is 19.2 Å². The van der Waals surface area contributed by atoms with E-state index in [1.807, 2.05) is 0 Å². The predicted octanol–water partition coefficient (Wildman–Crippen LogP) is 2.67. The zero-order chi connectivity index (χ0) is 11.4. The Kier molecular flexibility index (Phi) is 3.66. The minimum atomic E-state index is -0.497. The van der Waals surface area contributed by atoms with Gasteiger partial charge in [0.1, 0.15) is 11.6 Å². The van der Waals surface area contributed by atoms with Crippen molar-refractivity contribution in [3.63, 3.8) is 0 Å². The highest BCUT2D eigenvalue weighted by molar-refractivity contribution is 5.92. The van der Waals surface area contributed by atoms with Crippen LogP contribution in [0.2, 0.25) is 0 Å². The van der Waals surface area contributed by atoms with Crippen molar-refractivity contribution in [2.75, 3.05) is 12.4 Å². The number of anilines is 1. The summed E-state index contributed by atoms with van der Waals surface area (Å²) in [5.74, 6) is -0.455. The number of ether oxygens (including phenoxy) is 1. The molecule has 0 radical (unpaired) electrons. The number of rotatable bonds is 3. The second kappa shape index (κ2) is 4.77. The van der Waals surface area contributed by atoms with Crippen molar-refractivity contribution in [2.24, 2.45) is 5.92 Å². The third-order valence-electron chi connectivity index (χ3n) is 1.96. The summed E-state index contributed by atoms with van der Waals surface area (Å²) in [7, 11) is 1.46. The van der Waals surface area contributed by atoms with Gasteiger partial charge < -0.3 is 10.1 Å². The molecule has 3 nitrogen and oxygen atoms in total. The minimum absolute atomic E-state index is 0. The Bertz CT molecular complexity index is 369. The lowest BCUT2D eigenvalue weighted by atomic mass is 10.2. The van der Waals surface area contributed by atoms with Gasteiger partial charge in [-0.1, -0.05) is 13.8 Å². The van der Waals surface area contributed by atoms with E-state index in [2.05, 4.69) is 5.32 Å². The molecule has 1 rings (SSSR count). The molecule has 1 aromatic rings. The van der Waals surface area contributed by atoms with Crippen molar-refractivity contribution in [3.05, 3.63) is 24.0 Å². The number of hydrogen-bond acceptors (Lipinski definition) is 2. The van der Waals surface area contributed by atoms with Crippen LogP contribution in [0.15, 0.2) is 18.2 Å². The van der Waals surface area contributed by atoms with Gasteiger partial charge in [-0.15, -0.1) is 0 Å². The van der Waals surface area contributed by atoms with E-state index in [4.69, 9.17) is 4.74 Å². The largest absolute Gasteiger partial charge is 0.497 e. The fourth-order valence-corrected chi connectivity index (χ4v) is 1.00. The number of carbonyl (C=O) groups excluding carboxylic acids is 1. The molecule has 0 unspecified atom stereocenters. The molecule has 1 aromatic carbocycles. The predicted molar refractivity (Wildman–Crippen MR) is 58.5 cm³/mol.